The summed E-state index contributed by atoms with van der Waals surface area (Å²) >= 11 is 0. The normalized spacial score (nSPS) is 10.5. The van der Waals surface area contributed by atoms with Crippen molar-refractivity contribution < 1.29 is 19.4 Å². The quantitative estimate of drug-likeness (QED) is 0.655. The largest absolute Gasteiger partial charge is 0.508 e. The van der Waals surface area contributed by atoms with Crippen molar-refractivity contribution in [3.63, 3.8) is 0 Å². The predicted octanol–water partition coefficient (Wildman–Crippen LogP) is 2.17. The van der Waals surface area contributed by atoms with Crippen molar-refractivity contribution >= 4 is 12.1 Å². The molecule has 0 aromatic heterocycles. The van der Waals surface area contributed by atoms with E-state index in [0.29, 0.717) is 17.1 Å². The third-order valence-electron chi connectivity index (χ3n) is 2.92. The highest BCUT2D eigenvalue weighted by Crippen LogP contribution is 2.26. The zero-order chi connectivity index (χ0) is 15.9. The molecule has 0 aliphatic carbocycles. The van der Waals surface area contributed by atoms with Crippen LogP contribution in [0.25, 0.3) is 0 Å². The van der Waals surface area contributed by atoms with Crippen LogP contribution in [0, 0.1) is 0 Å². The Hall–Kier alpha value is -3.02. The molecular weight excluding hydrogens is 284 g/mol. The second kappa shape index (κ2) is 7.12. The first kappa shape index (κ1) is 15.4. The van der Waals surface area contributed by atoms with Gasteiger partial charge in [-0.25, -0.2) is 5.43 Å². The Labute approximate surface area is 128 Å². The van der Waals surface area contributed by atoms with E-state index in [1.807, 2.05) is 0 Å². The topological polar surface area (TPSA) is 80.2 Å². The van der Waals surface area contributed by atoms with Gasteiger partial charge in [0, 0.05) is 5.56 Å². The smallest absolute Gasteiger partial charge is 0.271 e. The van der Waals surface area contributed by atoms with Crippen molar-refractivity contribution in [1.29, 1.82) is 0 Å². The van der Waals surface area contributed by atoms with Crippen LogP contribution in [0.4, 0.5) is 0 Å². The third-order valence-corrected chi connectivity index (χ3v) is 2.92. The van der Waals surface area contributed by atoms with Gasteiger partial charge < -0.3 is 14.6 Å². The number of rotatable bonds is 5. The summed E-state index contributed by atoms with van der Waals surface area (Å²) in [6, 6.07) is 11.2. The van der Waals surface area contributed by atoms with Gasteiger partial charge in [0.05, 0.1) is 20.4 Å². The van der Waals surface area contributed by atoms with Crippen molar-refractivity contribution in [2.45, 2.75) is 0 Å². The van der Waals surface area contributed by atoms with E-state index >= 15 is 0 Å². The van der Waals surface area contributed by atoms with E-state index in [1.54, 1.807) is 32.4 Å². The summed E-state index contributed by atoms with van der Waals surface area (Å²) in [5.74, 6) is 0.936. The maximum atomic E-state index is 11.8. The van der Waals surface area contributed by atoms with Gasteiger partial charge in [-0.2, -0.15) is 5.10 Å². The minimum absolute atomic E-state index is 0.102. The van der Waals surface area contributed by atoms with E-state index in [9.17, 15) is 9.90 Å². The molecule has 2 aromatic rings. The molecule has 0 radical (unpaired) electrons. The van der Waals surface area contributed by atoms with Crippen LogP contribution >= 0.6 is 0 Å². The molecule has 22 heavy (non-hydrogen) atoms. The summed E-state index contributed by atoms with van der Waals surface area (Å²) in [7, 11) is 3.11. The van der Waals surface area contributed by atoms with Gasteiger partial charge in [0.15, 0.2) is 11.5 Å². The molecule has 2 aromatic carbocycles. The molecule has 6 nitrogen and oxygen atoms in total. The molecule has 0 atom stereocenters. The third kappa shape index (κ3) is 3.76. The molecule has 2 rings (SSSR count). The van der Waals surface area contributed by atoms with Gasteiger partial charge in [-0.15, -0.1) is 0 Å². The van der Waals surface area contributed by atoms with Gasteiger partial charge in [0.25, 0.3) is 5.91 Å². The summed E-state index contributed by atoms with van der Waals surface area (Å²) in [4.78, 5) is 11.8. The molecule has 0 unspecified atom stereocenters. The zero-order valence-corrected chi connectivity index (χ0v) is 12.2. The van der Waals surface area contributed by atoms with E-state index in [2.05, 4.69) is 10.5 Å². The lowest BCUT2D eigenvalue weighted by Gasteiger charge is -2.07. The Kier molecular flexibility index (Phi) is 4.98. The maximum Gasteiger partial charge on any atom is 0.271 e. The summed E-state index contributed by atoms with van der Waals surface area (Å²) in [5, 5.41) is 13.1. The van der Waals surface area contributed by atoms with Crippen molar-refractivity contribution in [1.82, 2.24) is 5.43 Å². The van der Waals surface area contributed by atoms with E-state index in [4.69, 9.17) is 9.47 Å². The molecule has 114 valence electrons. The lowest BCUT2D eigenvalue weighted by atomic mass is 10.2. The van der Waals surface area contributed by atoms with E-state index < -0.39 is 0 Å². The van der Waals surface area contributed by atoms with Crippen LogP contribution in [0.3, 0.4) is 0 Å². The molecule has 0 bridgehead atoms. The van der Waals surface area contributed by atoms with Gasteiger partial charge in [0.2, 0.25) is 0 Å². The van der Waals surface area contributed by atoms with E-state index in [1.165, 1.54) is 30.5 Å². The van der Waals surface area contributed by atoms with Gasteiger partial charge in [-0.3, -0.25) is 4.79 Å². The van der Waals surface area contributed by atoms with Crippen molar-refractivity contribution in [2.75, 3.05) is 14.2 Å². The Bertz CT molecular complexity index is 681. The number of hydrogen-bond acceptors (Lipinski definition) is 5. The first-order valence-corrected chi connectivity index (χ1v) is 6.48. The number of phenolic OH excluding ortho intramolecular Hbond substituents is 1. The number of ether oxygens (including phenoxy) is 2. The molecule has 0 saturated carbocycles. The second-order valence-corrected chi connectivity index (χ2v) is 4.36. The number of amides is 1. The first-order chi connectivity index (χ1) is 10.6. The monoisotopic (exact) mass is 300 g/mol. The Morgan fingerprint density at radius 2 is 1.77 bits per heavy atom. The van der Waals surface area contributed by atoms with E-state index in [-0.39, 0.29) is 11.7 Å². The molecule has 2 N–H and O–H groups in total. The molecule has 0 heterocycles. The number of nitrogens with one attached hydrogen (secondary N) is 1. The number of hydrazone groups is 1. The Morgan fingerprint density at radius 1 is 1.09 bits per heavy atom. The average Bonchev–Trinajstić information content (AvgIpc) is 2.55. The number of benzene rings is 2. The summed E-state index contributed by atoms with van der Waals surface area (Å²) < 4.78 is 10.3. The molecule has 0 aliphatic rings. The standard InChI is InChI=1S/C16H16N2O4/c1-21-14-8-3-11(9-15(14)22-2)10-17-18-16(20)12-4-6-13(19)7-5-12/h3-10,19H,1-2H3,(H,18,20). The number of methoxy groups -OCH3 is 2. The molecule has 0 spiro atoms. The SMILES string of the molecule is COc1ccc(C=NNC(=O)c2ccc(O)cc2)cc1OC. The minimum atomic E-state index is -0.364. The van der Waals surface area contributed by atoms with Crippen LogP contribution in [0.2, 0.25) is 0 Å². The second-order valence-electron chi connectivity index (χ2n) is 4.36. The van der Waals surface area contributed by atoms with Crippen LogP contribution in [0.5, 0.6) is 17.2 Å². The van der Waals surface area contributed by atoms with E-state index in [0.717, 1.165) is 5.56 Å². The van der Waals surface area contributed by atoms with Crippen LogP contribution in [-0.2, 0) is 0 Å². The highest BCUT2D eigenvalue weighted by Gasteiger charge is 2.05. The fourth-order valence-corrected chi connectivity index (χ4v) is 1.78. The van der Waals surface area contributed by atoms with Crippen LogP contribution in [-0.4, -0.2) is 31.4 Å². The number of nitrogens with zero attached hydrogens (tertiary/aromatic N) is 1. The molecule has 1 amide bonds. The fourth-order valence-electron chi connectivity index (χ4n) is 1.78. The van der Waals surface area contributed by atoms with Crippen molar-refractivity contribution in [2.24, 2.45) is 5.10 Å². The fraction of sp³-hybridized carbons (Fsp3) is 0.125. The molecule has 6 heteroatoms. The predicted molar refractivity (Wildman–Crippen MR) is 82.7 cm³/mol. The zero-order valence-electron chi connectivity index (χ0n) is 12.2. The van der Waals surface area contributed by atoms with Crippen LogP contribution in [0.1, 0.15) is 15.9 Å². The summed E-state index contributed by atoms with van der Waals surface area (Å²) in [6.45, 7) is 0. The first-order valence-electron chi connectivity index (χ1n) is 6.48. The number of phenols is 1. The molecule has 0 saturated heterocycles. The van der Waals surface area contributed by atoms with Gasteiger partial charge in [-0.1, -0.05) is 0 Å². The highest BCUT2D eigenvalue weighted by molar-refractivity contribution is 5.95. The van der Waals surface area contributed by atoms with Crippen LogP contribution in [0.15, 0.2) is 47.6 Å². The summed E-state index contributed by atoms with van der Waals surface area (Å²) in [5.41, 5.74) is 3.57. The van der Waals surface area contributed by atoms with Crippen molar-refractivity contribution in [3.05, 3.63) is 53.6 Å². The maximum absolute atomic E-state index is 11.8. The number of carbonyl (C=O) groups is 1. The van der Waals surface area contributed by atoms with Gasteiger partial charge in [-0.05, 0) is 48.0 Å². The average molecular weight is 300 g/mol. The molecular formula is C16H16N2O4. The van der Waals surface area contributed by atoms with Crippen molar-refractivity contribution in [3.8, 4) is 17.2 Å². The van der Waals surface area contributed by atoms with Gasteiger partial charge in [0.1, 0.15) is 5.75 Å². The lowest BCUT2D eigenvalue weighted by Crippen LogP contribution is -2.17. The molecule has 0 aliphatic heterocycles. The number of hydrogen-bond donors (Lipinski definition) is 2. The Morgan fingerprint density at radius 3 is 2.41 bits per heavy atom. The Balaban J connectivity index is 2.03. The summed E-state index contributed by atoms with van der Waals surface area (Å²) in [6.07, 6.45) is 1.50. The van der Waals surface area contributed by atoms with Crippen LogP contribution < -0.4 is 14.9 Å². The lowest BCUT2D eigenvalue weighted by molar-refractivity contribution is 0.0955. The number of aromatic hydroxyl groups is 1. The highest BCUT2D eigenvalue weighted by atomic mass is 16.5. The molecule has 0 fully saturated rings. The number of carbonyl (C=O) groups excluding carboxylic acids is 1. The minimum Gasteiger partial charge on any atom is -0.508 e. The van der Waals surface area contributed by atoms with Gasteiger partial charge >= 0.3 is 0 Å².